The van der Waals surface area contributed by atoms with Gasteiger partial charge in [-0.1, -0.05) is 53.3 Å². The molecule has 0 saturated heterocycles. The van der Waals surface area contributed by atoms with E-state index in [1.54, 1.807) is 36.4 Å². The van der Waals surface area contributed by atoms with E-state index in [-0.39, 0.29) is 34.3 Å². The van der Waals surface area contributed by atoms with Gasteiger partial charge in [0, 0.05) is 23.2 Å². The number of rotatable bonds is 6. The Morgan fingerprint density at radius 2 is 1.58 bits per heavy atom. The molecule has 0 unspecified atom stereocenters. The molecule has 2 aromatic rings. The third-order valence-corrected chi connectivity index (χ3v) is 5.18. The smallest absolute Gasteiger partial charge is 0.224 e. The quantitative estimate of drug-likeness (QED) is 0.251. The van der Waals surface area contributed by atoms with Gasteiger partial charge in [0.2, 0.25) is 5.91 Å². The second-order valence-corrected chi connectivity index (χ2v) is 7.28. The zero-order chi connectivity index (χ0) is 18.7. The lowest BCUT2D eigenvalue weighted by atomic mass is 9.82. The highest BCUT2D eigenvalue weighted by Gasteiger charge is 2.33. The van der Waals surface area contributed by atoms with Crippen molar-refractivity contribution in [3.8, 4) is 0 Å². The first-order valence-electron chi connectivity index (χ1n) is 8.51. The number of hydrogen-bond acceptors (Lipinski definition) is 4. The van der Waals surface area contributed by atoms with Gasteiger partial charge in [0.1, 0.15) is 0 Å². The molecule has 0 fully saturated rings. The summed E-state index contributed by atoms with van der Waals surface area (Å²) in [5, 5.41) is 2.79. The number of anilines is 2. The summed E-state index contributed by atoms with van der Waals surface area (Å²) in [5.41, 5.74) is 7.62. The summed E-state index contributed by atoms with van der Waals surface area (Å²) in [5.74, 6) is -0.738. The molecule has 0 spiro atoms. The second-order valence-electron chi connectivity index (χ2n) is 6.20. The fourth-order valence-electron chi connectivity index (χ4n) is 3.12. The number of fused-ring (bicyclic) bond motifs is 2. The zero-order valence-electron chi connectivity index (χ0n) is 14.2. The molecule has 0 heterocycles. The van der Waals surface area contributed by atoms with Gasteiger partial charge < -0.3 is 11.1 Å². The topological polar surface area (TPSA) is 89.3 Å². The third-order valence-electron chi connectivity index (χ3n) is 4.42. The summed E-state index contributed by atoms with van der Waals surface area (Å²) in [6.07, 6.45) is 3.24. The second kappa shape index (κ2) is 7.99. The lowest BCUT2D eigenvalue weighted by molar-refractivity contribution is -0.116. The molecule has 5 nitrogen and oxygen atoms in total. The van der Waals surface area contributed by atoms with Crippen LogP contribution >= 0.6 is 22.6 Å². The first-order valence-corrected chi connectivity index (χ1v) is 10.0. The lowest BCUT2D eigenvalue weighted by Gasteiger charge is -2.21. The van der Waals surface area contributed by atoms with E-state index in [0.29, 0.717) is 23.2 Å². The molecule has 26 heavy (non-hydrogen) atoms. The maximum Gasteiger partial charge on any atom is 0.224 e. The van der Waals surface area contributed by atoms with Crippen LogP contribution in [0.3, 0.4) is 0 Å². The predicted octanol–water partition coefficient (Wildman–Crippen LogP) is 3.98. The minimum atomic E-state index is -0.289. The van der Waals surface area contributed by atoms with Gasteiger partial charge in [0.15, 0.2) is 11.6 Å². The van der Waals surface area contributed by atoms with E-state index in [4.69, 9.17) is 5.73 Å². The highest BCUT2D eigenvalue weighted by atomic mass is 127. The van der Waals surface area contributed by atoms with Crippen LogP contribution in [-0.2, 0) is 4.79 Å². The van der Waals surface area contributed by atoms with Gasteiger partial charge in [-0.15, -0.1) is 0 Å². The van der Waals surface area contributed by atoms with E-state index in [2.05, 4.69) is 27.9 Å². The highest BCUT2D eigenvalue weighted by molar-refractivity contribution is 14.1. The minimum absolute atomic E-state index is 0.162. The number of nitrogens with one attached hydrogen (secondary N) is 1. The molecule has 1 aliphatic rings. The molecule has 3 N–H and O–H groups in total. The normalized spacial score (nSPS) is 12.5. The molecule has 0 saturated carbocycles. The standard InChI is InChI=1S/C20H19IN2O3/c21-11-5-1-2-8-16(24)23-15-10-9-14(22)17-18(15)20(26)13-7-4-3-6-12(13)19(17)25/h3-4,6-7,9-10H,1-2,5,8,11,22H2,(H,23,24). The van der Waals surface area contributed by atoms with Gasteiger partial charge >= 0.3 is 0 Å². The minimum Gasteiger partial charge on any atom is -0.398 e. The van der Waals surface area contributed by atoms with Gasteiger partial charge in [-0.2, -0.15) is 0 Å². The lowest BCUT2D eigenvalue weighted by Crippen LogP contribution is -2.25. The van der Waals surface area contributed by atoms with Gasteiger partial charge in [-0.25, -0.2) is 0 Å². The van der Waals surface area contributed by atoms with E-state index in [1.807, 2.05) is 0 Å². The van der Waals surface area contributed by atoms with Crippen molar-refractivity contribution in [2.75, 3.05) is 15.5 Å². The van der Waals surface area contributed by atoms with Gasteiger partial charge in [-0.05, 0) is 29.4 Å². The largest absolute Gasteiger partial charge is 0.398 e. The number of ketones is 2. The van der Waals surface area contributed by atoms with Crippen LogP contribution in [0.5, 0.6) is 0 Å². The molecule has 134 valence electrons. The van der Waals surface area contributed by atoms with Crippen LogP contribution in [0.25, 0.3) is 0 Å². The summed E-state index contributed by atoms with van der Waals surface area (Å²) >= 11 is 2.31. The van der Waals surface area contributed by atoms with Crippen molar-refractivity contribution in [3.05, 3.63) is 58.7 Å². The van der Waals surface area contributed by atoms with E-state index >= 15 is 0 Å². The van der Waals surface area contributed by atoms with Gasteiger partial charge in [-0.3, -0.25) is 14.4 Å². The molecular weight excluding hydrogens is 443 g/mol. The average molecular weight is 462 g/mol. The fourth-order valence-corrected chi connectivity index (χ4v) is 3.66. The molecule has 0 aromatic heterocycles. The Morgan fingerprint density at radius 1 is 0.923 bits per heavy atom. The fraction of sp³-hybridized carbons (Fsp3) is 0.250. The van der Waals surface area contributed by atoms with Crippen LogP contribution in [0.1, 0.15) is 57.5 Å². The summed E-state index contributed by atoms with van der Waals surface area (Å²) in [7, 11) is 0. The molecule has 3 rings (SSSR count). The number of benzene rings is 2. The number of nitrogens with two attached hydrogens (primary N) is 1. The summed E-state index contributed by atoms with van der Waals surface area (Å²) in [6.45, 7) is 0. The van der Waals surface area contributed by atoms with Crippen molar-refractivity contribution in [1.29, 1.82) is 0 Å². The Morgan fingerprint density at radius 3 is 2.23 bits per heavy atom. The Labute approximate surface area is 165 Å². The van der Waals surface area contributed by atoms with Crippen LogP contribution in [-0.4, -0.2) is 21.9 Å². The predicted molar refractivity (Wildman–Crippen MR) is 110 cm³/mol. The maximum absolute atomic E-state index is 12.9. The summed E-state index contributed by atoms with van der Waals surface area (Å²) in [4.78, 5) is 38.0. The Hall–Kier alpha value is -2.22. The Balaban J connectivity index is 1.92. The van der Waals surface area contributed by atoms with Crippen molar-refractivity contribution in [2.24, 2.45) is 0 Å². The van der Waals surface area contributed by atoms with Crippen LogP contribution in [0.2, 0.25) is 0 Å². The van der Waals surface area contributed by atoms with Crippen molar-refractivity contribution in [3.63, 3.8) is 0 Å². The van der Waals surface area contributed by atoms with E-state index < -0.39 is 0 Å². The number of carbonyl (C=O) groups is 3. The van der Waals surface area contributed by atoms with Crippen LogP contribution < -0.4 is 11.1 Å². The molecule has 1 aliphatic carbocycles. The SMILES string of the molecule is Nc1ccc(NC(=O)CCCCCI)c2c1C(=O)c1ccccc1C2=O. The van der Waals surface area contributed by atoms with E-state index in [1.165, 1.54) is 0 Å². The Kier molecular flexibility index (Phi) is 5.70. The van der Waals surface area contributed by atoms with Crippen molar-refractivity contribution in [2.45, 2.75) is 25.7 Å². The molecule has 6 heteroatoms. The number of alkyl halides is 1. The first-order chi connectivity index (χ1) is 12.5. The molecular formula is C20H19IN2O3. The zero-order valence-corrected chi connectivity index (χ0v) is 16.3. The van der Waals surface area contributed by atoms with Crippen LogP contribution in [0.15, 0.2) is 36.4 Å². The van der Waals surface area contributed by atoms with Crippen molar-refractivity contribution in [1.82, 2.24) is 0 Å². The van der Waals surface area contributed by atoms with E-state index in [0.717, 1.165) is 23.7 Å². The number of hydrogen-bond donors (Lipinski definition) is 2. The highest BCUT2D eigenvalue weighted by Crippen LogP contribution is 2.35. The monoisotopic (exact) mass is 462 g/mol. The molecule has 0 bridgehead atoms. The molecule has 2 aromatic carbocycles. The number of amides is 1. The number of carbonyl (C=O) groups excluding carboxylic acids is 3. The van der Waals surface area contributed by atoms with Gasteiger partial charge in [0.25, 0.3) is 0 Å². The Bertz CT molecular complexity index is 893. The van der Waals surface area contributed by atoms with E-state index in [9.17, 15) is 14.4 Å². The maximum atomic E-state index is 12.9. The van der Waals surface area contributed by atoms with Crippen molar-refractivity contribution >= 4 is 51.4 Å². The van der Waals surface area contributed by atoms with Gasteiger partial charge in [0.05, 0.1) is 16.8 Å². The summed E-state index contributed by atoms with van der Waals surface area (Å²) in [6, 6.07) is 9.83. The first kappa shape index (κ1) is 18.6. The molecule has 0 atom stereocenters. The molecule has 1 amide bonds. The third kappa shape index (κ3) is 3.51. The van der Waals surface area contributed by atoms with Crippen molar-refractivity contribution < 1.29 is 14.4 Å². The number of halogens is 1. The van der Waals surface area contributed by atoms with Crippen LogP contribution in [0, 0.1) is 0 Å². The molecule has 0 radical (unpaired) electrons. The average Bonchev–Trinajstić information content (AvgIpc) is 2.64. The number of nitrogen functional groups attached to an aromatic ring is 1. The van der Waals surface area contributed by atoms with Crippen LogP contribution in [0.4, 0.5) is 11.4 Å². The number of unbranched alkanes of at least 4 members (excludes halogenated alkanes) is 2. The molecule has 0 aliphatic heterocycles. The summed E-state index contributed by atoms with van der Waals surface area (Å²) < 4.78 is 1.07.